The van der Waals surface area contributed by atoms with Crippen molar-refractivity contribution in [2.75, 3.05) is 0 Å². The standard InChI is InChI=1S/C7H6BrClN2O2/c8-4-2-11-5(9)1-3(4)6(10)7(12)13/h1-2,6H,10H2,(H,12,13). The molecular formula is C7H6BrClN2O2. The van der Waals surface area contributed by atoms with Gasteiger partial charge in [0.05, 0.1) is 0 Å². The molecule has 13 heavy (non-hydrogen) atoms. The predicted octanol–water partition coefficient (Wildman–Crippen LogP) is 1.58. The van der Waals surface area contributed by atoms with Crippen LogP contribution < -0.4 is 5.73 Å². The molecule has 1 unspecified atom stereocenters. The van der Waals surface area contributed by atoms with Crippen LogP contribution in [-0.4, -0.2) is 16.1 Å². The summed E-state index contributed by atoms with van der Waals surface area (Å²) in [6.45, 7) is 0. The van der Waals surface area contributed by atoms with Crippen LogP contribution in [0.4, 0.5) is 0 Å². The molecule has 1 rings (SSSR count). The van der Waals surface area contributed by atoms with Crippen LogP contribution >= 0.6 is 27.5 Å². The Kier molecular flexibility index (Phi) is 3.24. The zero-order valence-electron chi connectivity index (χ0n) is 6.37. The molecular weight excluding hydrogens is 259 g/mol. The van der Waals surface area contributed by atoms with Gasteiger partial charge in [0.25, 0.3) is 0 Å². The van der Waals surface area contributed by atoms with Gasteiger partial charge in [-0.2, -0.15) is 0 Å². The fraction of sp³-hybridized carbons (Fsp3) is 0.143. The summed E-state index contributed by atoms with van der Waals surface area (Å²) in [5.41, 5.74) is 5.80. The number of hydrogen-bond acceptors (Lipinski definition) is 3. The lowest BCUT2D eigenvalue weighted by Crippen LogP contribution is -2.21. The first-order valence-corrected chi connectivity index (χ1v) is 4.49. The molecule has 70 valence electrons. The second-order valence-electron chi connectivity index (χ2n) is 2.34. The molecule has 1 aromatic heterocycles. The minimum Gasteiger partial charge on any atom is -0.480 e. The zero-order chi connectivity index (χ0) is 10.0. The summed E-state index contributed by atoms with van der Waals surface area (Å²) in [6, 6.07) is 0.333. The van der Waals surface area contributed by atoms with Crippen LogP contribution in [0.5, 0.6) is 0 Å². The second-order valence-corrected chi connectivity index (χ2v) is 3.59. The fourth-order valence-electron chi connectivity index (χ4n) is 0.799. The van der Waals surface area contributed by atoms with E-state index >= 15 is 0 Å². The molecule has 0 aromatic carbocycles. The maximum absolute atomic E-state index is 10.6. The number of carbonyl (C=O) groups is 1. The summed E-state index contributed by atoms with van der Waals surface area (Å²) in [7, 11) is 0. The van der Waals surface area contributed by atoms with Crippen LogP contribution in [0.15, 0.2) is 16.7 Å². The van der Waals surface area contributed by atoms with E-state index in [-0.39, 0.29) is 5.15 Å². The Morgan fingerprint density at radius 3 is 2.92 bits per heavy atom. The van der Waals surface area contributed by atoms with Gasteiger partial charge in [-0.1, -0.05) is 11.6 Å². The van der Waals surface area contributed by atoms with Gasteiger partial charge in [0, 0.05) is 10.7 Å². The van der Waals surface area contributed by atoms with Crippen molar-refractivity contribution in [2.45, 2.75) is 6.04 Å². The van der Waals surface area contributed by atoms with E-state index in [1.54, 1.807) is 0 Å². The van der Waals surface area contributed by atoms with Gasteiger partial charge >= 0.3 is 5.97 Å². The third-order valence-corrected chi connectivity index (χ3v) is 2.32. The minimum atomic E-state index is -1.11. The van der Waals surface area contributed by atoms with Crippen LogP contribution in [0.25, 0.3) is 0 Å². The molecule has 6 heteroatoms. The van der Waals surface area contributed by atoms with Crippen molar-refractivity contribution in [3.8, 4) is 0 Å². The number of halogens is 2. The number of rotatable bonds is 2. The van der Waals surface area contributed by atoms with E-state index in [2.05, 4.69) is 20.9 Å². The number of carboxylic acids is 1. The highest BCUT2D eigenvalue weighted by Crippen LogP contribution is 2.23. The van der Waals surface area contributed by atoms with E-state index in [1.807, 2.05) is 0 Å². The normalized spacial score (nSPS) is 12.5. The Hall–Kier alpha value is -0.650. The highest BCUT2D eigenvalue weighted by atomic mass is 79.9. The summed E-state index contributed by atoms with van der Waals surface area (Å²) in [5.74, 6) is -1.11. The lowest BCUT2D eigenvalue weighted by molar-refractivity contribution is -0.138. The molecule has 0 radical (unpaired) electrons. The number of nitrogens with two attached hydrogens (primary N) is 1. The maximum Gasteiger partial charge on any atom is 0.325 e. The second kappa shape index (κ2) is 4.04. The monoisotopic (exact) mass is 264 g/mol. The molecule has 4 nitrogen and oxygen atoms in total. The van der Waals surface area contributed by atoms with Crippen molar-refractivity contribution in [3.63, 3.8) is 0 Å². The molecule has 0 saturated heterocycles. The Balaban J connectivity index is 3.12. The third-order valence-electron chi connectivity index (χ3n) is 1.45. The van der Waals surface area contributed by atoms with E-state index in [0.717, 1.165) is 0 Å². The molecule has 0 fully saturated rings. The lowest BCUT2D eigenvalue weighted by Gasteiger charge is -2.08. The van der Waals surface area contributed by atoms with Gasteiger partial charge < -0.3 is 10.8 Å². The Bertz CT molecular complexity index is 345. The molecule has 0 aliphatic heterocycles. The largest absolute Gasteiger partial charge is 0.480 e. The molecule has 1 atom stereocenters. The molecule has 3 N–H and O–H groups in total. The molecule has 1 heterocycles. The van der Waals surface area contributed by atoms with Gasteiger partial charge in [-0.25, -0.2) is 4.98 Å². The van der Waals surface area contributed by atoms with E-state index in [9.17, 15) is 4.79 Å². The van der Waals surface area contributed by atoms with Crippen molar-refractivity contribution in [2.24, 2.45) is 5.73 Å². The fourth-order valence-corrected chi connectivity index (χ4v) is 1.43. The number of aromatic nitrogens is 1. The first kappa shape index (κ1) is 10.4. The van der Waals surface area contributed by atoms with Crippen LogP contribution in [0.3, 0.4) is 0 Å². The van der Waals surface area contributed by atoms with E-state index in [0.29, 0.717) is 10.0 Å². The molecule has 1 aromatic rings. The number of nitrogens with zero attached hydrogens (tertiary/aromatic N) is 1. The number of pyridine rings is 1. The van der Waals surface area contributed by atoms with E-state index < -0.39 is 12.0 Å². The minimum absolute atomic E-state index is 0.218. The van der Waals surface area contributed by atoms with Gasteiger partial charge in [0.2, 0.25) is 0 Å². The maximum atomic E-state index is 10.6. The summed E-state index contributed by atoms with van der Waals surface area (Å²) in [6.07, 6.45) is 1.42. The predicted molar refractivity (Wildman–Crippen MR) is 51.5 cm³/mol. The molecule has 0 spiro atoms. The van der Waals surface area contributed by atoms with Crippen LogP contribution in [0.1, 0.15) is 11.6 Å². The Morgan fingerprint density at radius 2 is 2.38 bits per heavy atom. The van der Waals surface area contributed by atoms with Crippen molar-refractivity contribution in [1.82, 2.24) is 4.98 Å². The van der Waals surface area contributed by atoms with Crippen LogP contribution in [-0.2, 0) is 4.79 Å². The molecule has 0 bridgehead atoms. The van der Waals surface area contributed by atoms with Gasteiger partial charge in [-0.15, -0.1) is 0 Å². The van der Waals surface area contributed by atoms with Crippen LogP contribution in [0, 0.1) is 0 Å². The molecule has 0 aliphatic carbocycles. The van der Waals surface area contributed by atoms with Gasteiger partial charge in [-0.3, -0.25) is 4.79 Å². The zero-order valence-corrected chi connectivity index (χ0v) is 8.71. The van der Waals surface area contributed by atoms with Crippen LogP contribution in [0.2, 0.25) is 5.15 Å². The summed E-state index contributed by atoms with van der Waals surface area (Å²) < 4.78 is 0.534. The molecule has 0 aliphatic rings. The highest BCUT2D eigenvalue weighted by Gasteiger charge is 2.17. The SMILES string of the molecule is NC(C(=O)O)c1cc(Cl)ncc1Br. The van der Waals surface area contributed by atoms with Crippen molar-refractivity contribution >= 4 is 33.5 Å². The first-order chi connectivity index (χ1) is 6.02. The quantitative estimate of drug-likeness (QED) is 0.796. The third kappa shape index (κ3) is 2.40. The van der Waals surface area contributed by atoms with E-state index in [4.69, 9.17) is 22.4 Å². The first-order valence-electron chi connectivity index (χ1n) is 3.31. The van der Waals surface area contributed by atoms with Gasteiger partial charge in [-0.05, 0) is 27.6 Å². The van der Waals surface area contributed by atoms with Crippen molar-refractivity contribution < 1.29 is 9.90 Å². The number of carboxylic acid groups (broad SMARTS) is 1. The topological polar surface area (TPSA) is 76.2 Å². The van der Waals surface area contributed by atoms with Crippen molar-refractivity contribution in [3.05, 3.63) is 27.5 Å². The average Bonchev–Trinajstić information content (AvgIpc) is 2.08. The summed E-state index contributed by atoms with van der Waals surface area (Å²) in [4.78, 5) is 14.3. The number of aliphatic carboxylic acids is 1. The van der Waals surface area contributed by atoms with Gasteiger partial charge in [0.15, 0.2) is 0 Å². The summed E-state index contributed by atoms with van der Waals surface area (Å²) in [5, 5.41) is 8.86. The molecule has 0 saturated carbocycles. The molecule has 0 amide bonds. The summed E-state index contributed by atoms with van der Waals surface area (Å²) >= 11 is 8.72. The van der Waals surface area contributed by atoms with Crippen molar-refractivity contribution in [1.29, 1.82) is 0 Å². The lowest BCUT2D eigenvalue weighted by atomic mass is 10.1. The van der Waals surface area contributed by atoms with E-state index in [1.165, 1.54) is 12.3 Å². The smallest absolute Gasteiger partial charge is 0.325 e. The average molecular weight is 265 g/mol. The Morgan fingerprint density at radius 1 is 1.77 bits per heavy atom. The Labute approximate surface area is 87.8 Å². The van der Waals surface area contributed by atoms with Gasteiger partial charge in [0.1, 0.15) is 11.2 Å². The highest BCUT2D eigenvalue weighted by molar-refractivity contribution is 9.10. The number of hydrogen-bond donors (Lipinski definition) is 2.